The summed E-state index contributed by atoms with van der Waals surface area (Å²) in [6, 6.07) is 13.8. The van der Waals surface area contributed by atoms with Crippen LogP contribution in [0.1, 0.15) is 18.2 Å². The van der Waals surface area contributed by atoms with Gasteiger partial charge in [-0.1, -0.05) is 47.5 Å². The molecule has 0 aliphatic rings. The summed E-state index contributed by atoms with van der Waals surface area (Å²) in [6.45, 7) is 3.28. The molecule has 1 aromatic heterocycles. The third-order valence-electron chi connectivity index (χ3n) is 4.65. The van der Waals surface area contributed by atoms with Crippen molar-refractivity contribution in [1.82, 2.24) is 14.8 Å². The first-order valence-electron chi connectivity index (χ1n) is 9.15. The molecule has 2 amide bonds. The SMILES string of the molecule is C/C(=N\NC(=O)C(=O)Nc1c(C)n(C)n(-c2ccccc2)c1=O)c1ccc(Cl)cc1Cl. The minimum absolute atomic E-state index is 0.00736. The topological polar surface area (TPSA) is 97.5 Å². The third-order valence-corrected chi connectivity index (χ3v) is 5.19. The number of rotatable bonds is 4. The second kappa shape index (κ2) is 9.20. The first-order valence-corrected chi connectivity index (χ1v) is 9.91. The van der Waals surface area contributed by atoms with Crippen molar-refractivity contribution in [3.05, 3.63) is 80.2 Å². The van der Waals surface area contributed by atoms with Crippen LogP contribution in [0, 0.1) is 6.92 Å². The standard InChI is InChI=1S/C21H19Cl2N5O3/c1-12(16-10-9-14(22)11-17(16)23)25-26-20(30)19(29)24-18-13(2)27(3)28(21(18)31)15-7-5-4-6-8-15/h4-11H,1-3H3,(H,24,29)(H,26,30)/b25-12+. The predicted molar refractivity (Wildman–Crippen MR) is 121 cm³/mol. The van der Waals surface area contributed by atoms with Gasteiger partial charge in [0.25, 0.3) is 5.56 Å². The van der Waals surface area contributed by atoms with Crippen LogP contribution in [0.5, 0.6) is 0 Å². The van der Waals surface area contributed by atoms with Gasteiger partial charge in [-0.05, 0) is 38.1 Å². The molecule has 0 radical (unpaired) electrons. The summed E-state index contributed by atoms with van der Waals surface area (Å²) in [4.78, 5) is 37.4. The fourth-order valence-electron chi connectivity index (χ4n) is 2.91. The zero-order chi connectivity index (χ0) is 22.7. The van der Waals surface area contributed by atoms with Crippen LogP contribution < -0.4 is 16.3 Å². The molecule has 3 aromatic rings. The molecule has 3 rings (SSSR count). The van der Waals surface area contributed by atoms with Crippen LogP contribution in [-0.4, -0.2) is 26.9 Å². The summed E-state index contributed by atoms with van der Waals surface area (Å²) in [5.74, 6) is -2.05. The van der Waals surface area contributed by atoms with Gasteiger partial charge >= 0.3 is 11.8 Å². The second-order valence-corrected chi connectivity index (χ2v) is 7.50. The van der Waals surface area contributed by atoms with E-state index in [1.165, 1.54) is 4.68 Å². The van der Waals surface area contributed by atoms with E-state index < -0.39 is 17.4 Å². The minimum Gasteiger partial charge on any atom is -0.311 e. The summed E-state index contributed by atoms with van der Waals surface area (Å²) in [7, 11) is 1.68. The van der Waals surface area contributed by atoms with Crippen molar-refractivity contribution in [1.29, 1.82) is 0 Å². The lowest BCUT2D eigenvalue weighted by atomic mass is 10.1. The van der Waals surface area contributed by atoms with Crippen LogP contribution in [0.2, 0.25) is 10.0 Å². The number of hydrogen-bond donors (Lipinski definition) is 2. The quantitative estimate of drug-likeness (QED) is 0.355. The predicted octanol–water partition coefficient (Wildman–Crippen LogP) is 3.27. The number of hydrogen-bond acceptors (Lipinski definition) is 4. The fourth-order valence-corrected chi connectivity index (χ4v) is 3.46. The average molecular weight is 460 g/mol. The number of amides is 2. The van der Waals surface area contributed by atoms with Crippen molar-refractivity contribution in [3.8, 4) is 5.69 Å². The van der Waals surface area contributed by atoms with Crippen molar-refractivity contribution < 1.29 is 9.59 Å². The van der Waals surface area contributed by atoms with E-state index in [-0.39, 0.29) is 5.69 Å². The van der Waals surface area contributed by atoms with E-state index in [9.17, 15) is 14.4 Å². The van der Waals surface area contributed by atoms with E-state index in [4.69, 9.17) is 23.2 Å². The van der Waals surface area contributed by atoms with Gasteiger partial charge in [-0.2, -0.15) is 5.10 Å². The number of halogens is 2. The zero-order valence-electron chi connectivity index (χ0n) is 16.9. The van der Waals surface area contributed by atoms with E-state index in [1.54, 1.807) is 68.0 Å². The minimum atomic E-state index is -1.03. The van der Waals surface area contributed by atoms with Gasteiger partial charge in [0, 0.05) is 17.6 Å². The Morgan fingerprint density at radius 3 is 2.35 bits per heavy atom. The van der Waals surface area contributed by atoms with Gasteiger partial charge in [0.15, 0.2) is 0 Å². The van der Waals surface area contributed by atoms with Crippen molar-refractivity contribution in [3.63, 3.8) is 0 Å². The molecule has 1 heterocycles. The van der Waals surface area contributed by atoms with E-state index in [2.05, 4.69) is 15.8 Å². The number of carbonyl (C=O) groups is 2. The largest absolute Gasteiger partial charge is 0.329 e. The summed E-state index contributed by atoms with van der Waals surface area (Å²) in [5, 5.41) is 7.09. The molecule has 2 aromatic carbocycles. The van der Waals surface area contributed by atoms with E-state index in [0.717, 1.165) is 0 Å². The summed E-state index contributed by atoms with van der Waals surface area (Å²) >= 11 is 12.0. The molecule has 0 bridgehead atoms. The molecule has 0 fully saturated rings. The highest BCUT2D eigenvalue weighted by Gasteiger charge is 2.21. The first kappa shape index (κ1) is 22.3. The lowest BCUT2D eigenvalue weighted by molar-refractivity contribution is -0.136. The van der Waals surface area contributed by atoms with Gasteiger partial charge < -0.3 is 5.32 Å². The molecule has 0 atom stereocenters. The number of para-hydroxylation sites is 1. The average Bonchev–Trinajstić information content (AvgIpc) is 2.95. The maximum atomic E-state index is 12.8. The van der Waals surface area contributed by atoms with Crippen LogP contribution in [-0.2, 0) is 16.6 Å². The molecule has 2 N–H and O–H groups in total. The van der Waals surface area contributed by atoms with Crippen LogP contribution >= 0.6 is 23.2 Å². The number of hydrazone groups is 1. The van der Waals surface area contributed by atoms with Gasteiger partial charge in [0.2, 0.25) is 0 Å². The molecule has 8 nitrogen and oxygen atoms in total. The van der Waals surface area contributed by atoms with Crippen molar-refractivity contribution in [2.45, 2.75) is 13.8 Å². The third kappa shape index (κ3) is 4.70. The molecular formula is C21H19Cl2N5O3. The second-order valence-electron chi connectivity index (χ2n) is 6.65. The Balaban J connectivity index is 1.77. The van der Waals surface area contributed by atoms with Crippen LogP contribution in [0.25, 0.3) is 5.69 Å². The van der Waals surface area contributed by atoms with Crippen LogP contribution in [0.4, 0.5) is 5.69 Å². The van der Waals surface area contributed by atoms with Crippen LogP contribution in [0.15, 0.2) is 58.4 Å². The molecular weight excluding hydrogens is 441 g/mol. The lowest BCUT2D eigenvalue weighted by Gasteiger charge is -2.07. The molecule has 0 aliphatic heterocycles. The number of benzene rings is 2. The monoisotopic (exact) mass is 459 g/mol. The van der Waals surface area contributed by atoms with Crippen molar-refractivity contribution >= 4 is 46.4 Å². The van der Waals surface area contributed by atoms with E-state index in [0.29, 0.717) is 32.7 Å². The van der Waals surface area contributed by atoms with E-state index in [1.807, 2.05) is 6.07 Å². The van der Waals surface area contributed by atoms with Gasteiger partial charge in [0.1, 0.15) is 5.69 Å². The number of carbonyl (C=O) groups excluding carboxylic acids is 2. The van der Waals surface area contributed by atoms with E-state index >= 15 is 0 Å². The Labute approximate surface area is 188 Å². The Kier molecular flexibility index (Phi) is 6.62. The Morgan fingerprint density at radius 2 is 1.71 bits per heavy atom. The maximum Gasteiger partial charge on any atom is 0.329 e. The normalized spacial score (nSPS) is 11.3. The zero-order valence-corrected chi connectivity index (χ0v) is 18.5. The molecule has 0 unspecified atom stereocenters. The van der Waals surface area contributed by atoms with Gasteiger partial charge in [-0.3, -0.25) is 19.1 Å². The number of nitrogens with zero attached hydrogens (tertiary/aromatic N) is 3. The maximum absolute atomic E-state index is 12.8. The fraction of sp³-hybridized carbons (Fsp3) is 0.143. The smallest absolute Gasteiger partial charge is 0.311 e. The van der Waals surface area contributed by atoms with Crippen molar-refractivity contribution in [2.24, 2.45) is 12.1 Å². The van der Waals surface area contributed by atoms with Crippen LogP contribution in [0.3, 0.4) is 0 Å². The molecule has 0 spiro atoms. The van der Waals surface area contributed by atoms with Crippen molar-refractivity contribution in [2.75, 3.05) is 5.32 Å². The Hall–Kier alpha value is -3.36. The van der Waals surface area contributed by atoms with Gasteiger partial charge in [-0.15, -0.1) is 0 Å². The summed E-state index contributed by atoms with van der Waals surface area (Å²) < 4.78 is 2.99. The highest BCUT2D eigenvalue weighted by Crippen LogP contribution is 2.21. The summed E-state index contributed by atoms with van der Waals surface area (Å²) in [6.07, 6.45) is 0. The lowest BCUT2D eigenvalue weighted by Crippen LogP contribution is -2.34. The van der Waals surface area contributed by atoms with Gasteiger partial charge in [-0.25, -0.2) is 10.1 Å². The number of aromatic nitrogens is 2. The number of anilines is 1. The Bertz CT molecular complexity index is 1250. The molecule has 0 aliphatic carbocycles. The molecule has 0 saturated heterocycles. The molecule has 31 heavy (non-hydrogen) atoms. The molecule has 0 saturated carbocycles. The summed E-state index contributed by atoms with van der Waals surface area (Å²) in [5.41, 5.74) is 3.76. The molecule has 160 valence electrons. The first-order chi connectivity index (χ1) is 14.7. The highest BCUT2D eigenvalue weighted by atomic mass is 35.5. The Morgan fingerprint density at radius 1 is 1.03 bits per heavy atom. The van der Waals surface area contributed by atoms with Gasteiger partial charge in [0.05, 0.1) is 22.1 Å². The highest BCUT2D eigenvalue weighted by molar-refractivity contribution is 6.40. The number of nitrogens with one attached hydrogen (secondary N) is 2. The molecule has 10 heteroatoms.